The van der Waals surface area contributed by atoms with Crippen LogP contribution in [0.4, 0.5) is 22.7 Å². The number of sulfonamides is 1. The van der Waals surface area contributed by atoms with Crippen LogP contribution in [0.5, 0.6) is 0 Å². The molecule has 2 aromatic carbocycles. The minimum atomic E-state index is -4.95. The number of aliphatic hydroxyl groups is 1. The molecule has 0 amide bonds. The summed E-state index contributed by atoms with van der Waals surface area (Å²) in [5, 5.41) is 10.4. The molecule has 2 aromatic heterocycles. The van der Waals surface area contributed by atoms with Crippen molar-refractivity contribution in [1.29, 1.82) is 0 Å². The van der Waals surface area contributed by atoms with Gasteiger partial charge in [0, 0.05) is 29.6 Å². The average molecular weight is 541 g/mol. The van der Waals surface area contributed by atoms with Gasteiger partial charge in [0.05, 0.1) is 9.77 Å². The van der Waals surface area contributed by atoms with Crippen LogP contribution < -0.4 is 10.3 Å². The number of halogens is 4. The van der Waals surface area contributed by atoms with E-state index in [1.54, 1.807) is 0 Å². The maximum Gasteiger partial charge on any atom is 0.422 e. The molecule has 5 rings (SSSR count). The van der Waals surface area contributed by atoms with Crippen LogP contribution in [0.2, 0.25) is 0 Å². The van der Waals surface area contributed by atoms with Crippen LogP contribution in [0.15, 0.2) is 68.8 Å². The quantitative estimate of drug-likeness (QED) is 0.263. The van der Waals surface area contributed by atoms with Crippen LogP contribution >= 0.6 is 11.3 Å². The minimum absolute atomic E-state index is 0.0651. The minimum Gasteiger partial charge on any atom is -0.423 e. The Labute approximate surface area is 205 Å². The van der Waals surface area contributed by atoms with Crippen LogP contribution in [0.1, 0.15) is 17.7 Å². The maximum absolute atomic E-state index is 13.6. The molecule has 0 spiro atoms. The van der Waals surface area contributed by atoms with Gasteiger partial charge in [0.15, 0.2) is 10.7 Å². The zero-order valence-corrected chi connectivity index (χ0v) is 19.7. The highest BCUT2D eigenvalue weighted by molar-refractivity contribution is 7.93. The highest BCUT2D eigenvalue weighted by Crippen LogP contribution is 2.55. The first-order chi connectivity index (χ1) is 16.9. The lowest BCUT2D eigenvalue weighted by Crippen LogP contribution is -2.43. The Morgan fingerprint density at radius 2 is 1.78 bits per heavy atom. The molecule has 1 atom stereocenters. The summed E-state index contributed by atoms with van der Waals surface area (Å²) in [6, 6.07) is 10.3. The van der Waals surface area contributed by atoms with E-state index in [1.807, 2.05) is 0 Å². The molecule has 7 nitrogen and oxygen atoms in total. The van der Waals surface area contributed by atoms with Gasteiger partial charge in [0.2, 0.25) is 0 Å². The Morgan fingerprint density at radius 3 is 2.42 bits per heavy atom. The molecule has 0 radical (unpaired) electrons. The van der Waals surface area contributed by atoms with Crippen LogP contribution in [-0.2, 0) is 15.6 Å². The van der Waals surface area contributed by atoms with Crippen molar-refractivity contribution in [3.8, 4) is 11.1 Å². The lowest BCUT2D eigenvalue weighted by atomic mass is 9.96. The highest BCUT2D eigenvalue weighted by atomic mass is 32.2. The second-order valence-corrected chi connectivity index (χ2v) is 11.0. The van der Waals surface area contributed by atoms with Crippen molar-refractivity contribution in [2.24, 2.45) is 5.92 Å². The Kier molecular flexibility index (Phi) is 5.69. The summed E-state index contributed by atoms with van der Waals surface area (Å²) in [7, 11) is -4.35. The van der Waals surface area contributed by atoms with Crippen LogP contribution in [0.3, 0.4) is 0 Å². The summed E-state index contributed by atoms with van der Waals surface area (Å²) in [4.78, 5) is 15.0. The normalized spacial score (nSPS) is 16.1. The van der Waals surface area contributed by atoms with E-state index in [2.05, 4.69) is 9.71 Å². The van der Waals surface area contributed by atoms with Gasteiger partial charge in [-0.3, -0.25) is 4.72 Å². The number of hydrogen-bond donors (Lipinski definition) is 2. The van der Waals surface area contributed by atoms with Crippen molar-refractivity contribution in [2.45, 2.75) is 29.5 Å². The summed E-state index contributed by atoms with van der Waals surface area (Å²) in [6.07, 6.45) is -3.76. The molecule has 2 heterocycles. The Hall–Kier alpha value is -3.29. The molecule has 13 heteroatoms. The number of anilines is 1. The number of benzene rings is 2. The van der Waals surface area contributed by atoms with Gasteiger partial charge in [-0.1, -0.05) is 23.5 Å². The standard InChI is InChI=1S/C23H16F4N2O5S2/c24-14-5-1-12(2-6-14)17-10-20(30)34-18-9-15(7-8-16(17)18)36(32,33)29-21-28-11-19(35-21)22(31,13-3-4-13)23(25,26)27/h1-2,5-11,13,31H,3-4H2,(H,28,29). The van der Waals surface area contributed by atoms with Gasteiger partial charge in [0.25, 0.3) is 10.0 Å². The fourth-order valence-electron chi connectivity index (χ4n) is 3.92. The summed E-state index contributed by atoms with van der Waals surface area (Å²) in [5.41, 5.74) is -3.03. The topological polar surface area (TPSA) is 110 Å². The predicted octanol–water partition coefficient (Wildman–Crippen LogP) is 5.02. The van der Waals surface area contributed by atoms with Crippen molar-refractivity contribution in [3.63, 3.8) is 0 Å². The van der Waals surface area contributed by atoms with E-state index in [4.69, 9.17) is 4.42 Å². The van der Waals surface area contributed by atoms with Gasteiger partial charge in [0.1, 0.15) is 11.4 Å². The van der Waals surface area contributed by atoms with Crippen molar-refractivity contribution < 1.29 is 35.5 Å². The fraction of sp³-hybridized carbons (Fsp3) is 0.217. The van der Waals surface area contributed by atoms with Gasteiger partial charge in [-0.05, 0) is 48.2 Å². The molecule has 1 unspecified atom stereocenters. The van der Waals surface area contributed by atoms with Crippen LogP contribution in [0, 0.1) is 11.7 Å². The molecular formula is C23H16F4N2O5S2. The molecule has 0 bridgehead atoms. The molecular weight excluding hydrogens is 524 g/mol. The first-order valence-electron chi connectivity index (χ1n) is 10.5. The Balaban J connectivity index is 1.48. The van der Waals surface area contributed by atoms with E-state index in [0.717, 1.165) is 12.3 Å². The molecule has 0 saturated heterocycles. The lowest BCUT2D eigenvalue weighted by Gasteiger charge is -2.29. The number of alkyl halides is 3. The Bertz CT molecular complexity index is 1630. The van der Waals surface area contributed by atoms with Crippen LogP contribution in [-0.4, -0.2) is 24.7 Å². The zero-order valence-electron chi connectivity index (χ0n) is 18.0. The van der Waals surface area contributed by atoms with E-state index in [1.165, 1.54) is 42.5 Å². The summed E-state index contributed by atoms with van der Waals surface area (Å²) < 4.78 is 87.2. The maximum atomic E-state index is 13.6. The largest absolute Gasteiger partial charge is 0.423 e. The predicted molar refractivity (Wildman–Crippen MR) is 123 cm³/mol. The van der Waals surface area contributed by atoms with E-state index in [9.17, 15) is 35.9 Å². The summed E-state index contributed by atoms with van der Waals surface area (Å²) in [5.74, 6) is -1.48. The van der Waals surface area contributed by atoms with Crippen molar-refractivity contribution in [1.82, 2.24) is 4.98 Å². The first kappa shape index (κ1) is 24.4. The number of nitrogens with zero attached hydrogens (tertiary/aromatic N) is 1. The van der Waals surface area contributed by atoms with Gasteiger partial charge in [-0.2, -0.15) is 13.2 Å². The zero-order chi connectivity index (χ0) is 25.9. The van der Waals surface area contributed by atoms with E-state index < -0.39 is 44.0 Å². The number of hydrogen-bond acceptors (Lipinski definition) is 7. The molecule has 1 fully saturated rings. The molecule has 1 saturated carbocycles. The van der Waals surface area contributed by atoms with Crippen molar-refractivity contribution >= 4 is 37.5 Å². The molecule has 1 aliphatic carbocycles. The van der Waals surface area contributed by atoms with Gasteiger partial charge in [-0.25, -0.2) is 22.6 Å². The summed E-state index contributed by atoms with van der Waals surface area (Å²) in [6.45, 7) is 0. The van der Waals surface area contributed by atoms with Crippen molar-refractivity contribution in [3.05, 3.63) is 75.8 Å². The van der Waals surface area contributed by atoms with E-state index >= 15 is 0 Å². The molecule has 188 valence electrons. The monoisotopic (exact) mass is 540 g/mol. The molecule has 1 aliphatic rings. The number of thiazole rings is 1. The van der Waals surface area contributed by atoms with E-state index in [-0.39, 0.29) is 28.5 Å². The third-order valence-electron chi connectivity index (χ3n) is 5.88. The smallest absolute Gasteiger partial charge is 0.422 e. The lowest BCUT2D eigenvalue weighted by molar-refractivity contribution is -0.274. The third-order valence-corrected chi connectivity index (χ3v) is 8.39. The Morgan fingerprint density at radius 1 is 1.08 bits per heavy atom. The molecule has 4 aromatic rings. The second-order valence-electron chi connectivity index (χ2n) is 8.32. The molecule has 36 heavy (non-hydrogen) atoms. The molecule has 2 N–H and O–H groups in total. The van der Waals surface area contributed by atoms with Crippen LogP contribution in [0.25, 0.3) is 22.1 Å². The second kappa shape index (κ2) is 8.39. The number of nitrogens with one attached hydrogen (secondary N) is 1. The SMILES string of the molecule is O=c1cc(-c2ccc(F)cc2)c2ccc(S(=O)(=O)Nc3ncc(C(O)(C4CC4)C(F)(F)F)s3)cc2o1. The number of rotatable bonds is 6. The van der Waals surface area contributed by atoms with Crippen molar-refractivity contribution in [2.75, 3.05) is 4.72 Å². The summed E-state index contributed by atoms with van der Waals surface area (Å²) >= 11 is 0.388. The molecule has 0 aliphatic heterocycles. The third kappa shape index (κ3) is 4.27. The fourth-order valence-corrected chi connectivity index (χ4v) is 6.19. The highest BCUT2D eigenvalue weighted by Gasteiger charge is 2.63. The van der Waals surface area contributed by atoms with Gasteiger partial charge < -0.3 is 9.52 Å². The van der Waals surface area contributed by atoms with Gasteiger partial charge in [-0.15, -0.1) is 0 Å². The number of fused-ring (bicyclic) bond motifs is 1. The first-order valence-corrected chi connectivity index (χ1v) is 12.8. The van der Waals surface area contributed by atoms with E-state index in [0.29, 0.717) is 27.8 Å². The average Bonchev–Trinajstić information content (AvgIpc) is 3.56. The van der Waals surface area contributed by atoms with Gasteiger partial charge >= 0.3 is 11.8 Å². The number of aromatic nitrogens is 1.